The Morgan fingerprint density at radius 1 is 1.07 bits per heavy atom. The van der Waals surface area contributed by atoms with E-state index in [-0.39, 0.29) is 5.69 Å². The Hall–Kier alpha value is -3.45. The van der Waals surface area contributed by atoms with E-state index in [4.69, 9.17) is 16.7 Å². The highest BCUT2D eigenvalue weighted by atomic mass is 35.5. The predicted octanol–water partition coefficient (Wildman–Crippen LogP) is 3.62. The van der Waals surface area contributed by atoms with Crippen molar-refractivity contribution in [3.63, 3.8) is 0 Å². The second-order valence-corrected chi connectivity index (χ2v) is 6.52. The van der Waals surface area contributed by atoms with Crippen LogP contribution in [0.3, 0.4) is 0 Å². The monoisotopic (exact) mass is 393 g/mol. The molecular formula is C20H16ClN5O2. The fourth-order valence-electron chi connectivity index (χ4n) is 2.84. The summed E-state index contributed by atoms with van der Waals surface area (Å²) >= 11 is 6.02. The average molecular weight is 394 g/mol. The van der Waals surface area contributed by atoms with E-state index in [0.29, 0.717) is 11.6 Å². The number of rotatable bonds is 5. The van der Waals surface area contributed by atoms with Gasteiger partial charge in [0.25, 0.3) is 0 Å². The quantitative estimate of drug-likeness (QED) is 0.484. The van der Waals surface area contributed by atoms with E-state index in [1.54, 1.807) is 10.9 Å². The van der Waals surface area contributed by atoms with Crippen LogP contribution < -0.4 is 0 Å². The standard InChI is InChI=1S/C20H16ClN5O2/c1-28-20(27)18-13-25(24-22-18)11-15-12-26(17-5-3-2-4-6-17)23-19(15)14-7-9-16(21)10-8-14/h2-10,12-13H,11H2,1H3. The van der Waals surface area contributed by atoms with Gasteiger partial charge in [0.05, 0.1) is 31.2 Å². The SMILES string of the molecule is COC(=O)c1cn(Cc2cn(-c3ccccc3)nc2-c2ccc(Cl)cc2)nn1. The third-order valence-corrected chi connectivity index (χ3v) is 4.45. The number of nitrogens with zero attached hydrogens (tertiary/aromatic N) is 5. The predicted molar refractivity (Wildman–Crippen MR) is 104 cm³/mol. The normalized spacial score (nSPS) is 10.8. The van der Waals surface area contributed by atoms with Crippen LogP contribution in [0.5, 0.6) is 0 Å². The molecule has 2 aromatic heterocycles. The van der Waals surface area contributed by atoms with Crippen molar-refractivity contribution < 1.29 is 9.53 Å². The third-order valence-electron chi connectivity index (χ3n) is 4.19. The van der Waals surface area contributed by atoms with Gasteiger partial charge >= 0.3 is 5.97 Å². The molecule has 0 spiro atoms. The molecule has 0 saturated heterocycles. The molecule has 2 aromatic carbocycles. The Morgan fingerprint density at radius 3 is 2.54 bits per heavy atom. The molecule has 0 radical (unpaired) electrons. The Bertz CT molecular complexity index is 1100. The summed E-state index contributed by atoms with van der Waals surface area (Å²) in [6, 6.07) is 17.3. The van der Waals surface area contributed by atoms with E-state index in [2.05, 4.69) is 15.0 Å². The first-order valence-corrected chi connectivity index (χ1v) is 8.90. The van der Waals surface area contributed by atoms with Gasteiger partial charge in [-0.25, -0.2) is 14.2 Å². The van der Waals surface area contributed by atoms with Crippen LogP contribution in [0.1, 0.15) is 16.1 Å². The Balaban J connectivity index is 1.74. The van der Waals surface area contributed by atoms with Crippen LogP contribution in [0.15, 0.2) is 67.0 Å². The van der Waals surface area contributed by atoms with E-state index in [0.717, 1.165) is 22.5 Å². The summed E-state index contributed by atoms with van der Waals surface area (Å²) < 4.78 is 8.08. The number of aromatic nitrogens is 5. The summed E-state index contributed by atoms with van der Waals surface area (Å²) in [5, 5.41) is 13.3. The van der Waals surface area contributed by atoms with Gasteiger partial charge in [0, 0.05) is 22.3 Å². The molecule has 0 bridgehead atoms. The van der Waals surface area contributed by atoms with Crippen LogP contribution in [0, 0.1) is 0 Å². The molecule has 28 heavy (non-hydrogen) atoms. The molecule has 0 saturated carbocycles. The van der Waals surface area contributed by atoms with Crippen molar-refractivity contribution in [1.29, 1.82) is 0 Å². The van der Waals surface area contributed by atoms with Gasteiger partial charge < -0.3 is 4.74 Å². The van der Waals surface area contributed by atoms with Crippen LogP contribution in [0.4, 0.5) is 0 Å². The van der Waals surface area contributed by atoms with E-state index >= 15 is 0 Å². The zero-order valence-electron chi connectivity index (χ0n) is 15.0. The minimum absolute atomic E-state index is 0.158. The van der Waals surface area contributed by atoms with Gasteiger partial charge in [-0.15, -0.1) is 5.10 Å². The zero-order valence-corrected chi connectivity index (χ0v) is 15.7. The zero-order chi connectivity index (χ0) is 19.5. The number of ether oxygens (including phenoxy) is 1. The molecule has 0 aliphatic carbocycles. The molecule has 4 rings (SSSR count). The van der Waals surface area contributed by atoms with E-state index in [9.17, 15) is 4.79 Å². The van der Waals surface area contributed by atoms with Crippen molar-refractivity contribution >= 4 is 17.6 Å². The topological polar surface area (TPSA) is 74.8 Å². The largest absolute Gasteiger partial charge is 0.464 e. The number of methoxy groups -OCH3 is 1. The molecule has 0 aliphatic rings. The lowest BCUT2D eigenvalue weighted by molar-refractivity contribution is 0.0594. The minimum atomic E-state index is -0.524. The molecule has 8 heteroatoms. The number of carbonyl (C=O) groups is 1. The van der Waals surface area contributed by atoms with Crippen molar-refractivity contribution in [3.05, 3.63) is 83.3 Å². The maximum atomic E-state index is 11.6. The summed E-state index contributed by atoms with van der Waals surface area (Å²) in [4.78, 5) is 11.6. The molecule has 0 N–H and O–H groups in total. The molecule has 0 atom stereocenters. The molecule has 4 aromatic rings. The minimum Gasteiger partial charge on any atom is -0.464 e. The summed E-state index contributed by atoms with van der Waals surface area (Å²) in [6.45, 7) is 0.398. The summed E-state index contributed by atoms with van der Waals surface area (Å²) in [6.07, 6.45) is 3.50. The number of para-hydroxylation sites is 1. The van der Waals surface area contributed by atoms with Crippen LogP contribution in [0.2, 0.25) is 5.02 Å². The van der Waals surface area contributed by atoms with Gasteiger partial charge in [-0.2, -0.15) is 5.10 Å². The second-order valence-electron chi connectivity index (χ2n) is 6.08. The molecule has 0 amide bonds. The van der Waals surface area contributed by atoms with Crippen LogP contribution in [0.25, 0.3) is 16.9 Å². The van der Waals surface area contributed by atoms with Crippen molar-refractivity contribution in [3.8, 4) is 16.9 Å². The molecule has 0 fully saturated rings. The first-order chi connectivity index (χ1) is 13.6. The molecular weight excluding hydrogens is 378 g/mol. The third kappa shape index (κ3) is 3.65. The second kappa shape index (κ2) is 7.66. The molecule has 2 heterocycles. The Labute approximate surface area is 166 Å². The number of hydrogen-bond acceptors (Lipinski definition) is 5. The van der Waals surface area contributed by atoms with Crippen LogP contribution in [-0.4, -0.2) is 37.9 Å². The van der Waals surface area contributed by atoms with Gasteiger partial charge in [-0.3, -0.25) is 0 Å². The highest BCUT2D eigenvalue weighted by molar-refractivity contribution is 6.30. The van der Waals surface area contributed by atoms with Crippen molar-refractivity contribution in [2.45, 2.75) is 6.54 Å². The van der Waals surface area contributed by atoms with Gasteiger partial charge in [0.15, 0.2) is 5.69 Å². The number of halogens is 1. The lowest BCUT2D eigenvalue weighted by Crippen LogP contribution is -2.02. The summed E-state index contributed by atoms with van der Waals surface area (Å²) in [5.74, 6) is -0.524. The van der Waals surface area contributed by atoms with Crippen LogP contribution in [-0.2, 0) is 11.3 Å². The molecule has 140 valence electrons. The lowest BCUT2D eigenvalue weighted by Gasteiger charge is -2.02. The van der Waals surface area contributed by atoms with E-state index in [1.807, 2.05) is 65.5 Å². The summed E-state index contributed by atoms with van der Waals surface area (Å²) in [5.41, 5.74) is 3.76. The molecule has 0 unspecified atom stereocenters. The van der Waals surface area contributed by atoms with E-state index < -0.39 is 5.97 Å². The maximum absolute atomic E-state index is 11.6. The highest BCUT2D eigenvalue weighted by Gasteiger charge is 2.16. The number of esters is 1. The lowest BCUT2D eigenvalue weighted by atomic mass is 10.1. The molecule has 0 aliphatic heterocycles. The van der Waals surface area contributed by atoms with Crippen LogP contribution >= 0.6 is 11.6 Å². The number of benzene rings is 2. The fourth-order valence-corrected chi connectivity index (χ4v) is 2.96. The maximum Gasteiger partial charge on any atom is 0.360 e. The Kier molecular flexibility index (Phi) is 4.90. The van der Waals surface area contributed by atoms with Crippen molar-refractivity contribution in [2.24, 2.45) is 0 Å². The first-order valence-electron chi connectivity index (χ1n) is 8.52. The van der Waals surface area contributed by atoms with Gasteiger partial charge in [0.2, 0.25) is 0 Å². The first kappa shape index (κ1) is 17.9. The molecule has 7 nitrogen and oxygen atoms in total. The van der Waals surface area contributed by atoms with E-state index in [1.165, 1.54) is 7.11 Å². The average Bonchev–Trinajstić information content (AvgIpc) is 3.36. The van der Waals surface area contributed by atoms with Gasteiger partial charge in [-0.1, -0.05) is 47.1 Å². The number of carbonyl (C=O) groups excluding carboxylic acids is 1. The highest BCUT2D eigenvalue weighted by Crippen LogP contribution is 2.26. The van der Waals surface area contributed by atoms with Crippen molar-refractivity contribution in [2.75, 3.05) is 7.11 Å². The smallest absolute Gasteiger partial charge is 0.360 e. The Morgan fingerprint density at radius 2 is 1.82 bits per heavy atom. The fraction of sp³-hybridized carbons (Fsp3) is 0.100. The number of hydrogen-bond donors (Lipinski definition) is 0. The summed E-state index contributed by atoms with van der Waals surface area (Å²) in [7, 11) is 1.31. The van der Waals surface area contributed by atoms with Gasteiger partial charge in [0.1, 0.15) is 0 Å². The van der Waals surface area contributed by atoms with Gasteiger partial charge in [-0.05, 0) is 24.3 Å². The van der Waals surface area contributed by atoms with Crippen molar-refractivity contribution in [1.82, 2.24) is 24.8 Å².